The van der Waals surface area contributed by atoms with Crippen LogP contribution in [0.15, 0.2) is 91.3 Å². The highest BCUT2D eigenvalue weighted by Crippen LogP contribution is 2.44. The van der Waals surface area contributed by atoms with Gasteiger partial charge in [-0.25, -0.2) is 0 Å². The van der Waals surface area contributed by atoms with Gasteiger partial charge in [0.05, 0.1) is 24.5 Å². The van der Waals surface area contributed by atoms with Crippen LogP contribution in [0.5, 0.6) is 5.75 Å². The number of hydrogen-bond acceptors (Lipinski definition) is 4. The number of anilines is 2. The Morgan fingerprint density at radius 1 is 0.941 bits per heavy atom. The van der Waals surface area contributed by atoms with Crippen molar-refractivity contribution >= 4 is 28.7 Å². The maximum Gasteiger partial charge on any atom is 0.174 e. The molecule has 1 aliphatic rings. The Balaban J connectivity index is 1.65. The maximum absolute atomic E-state index is 5.88. The van der Waals surface area contributed by atoms with Crippen molar-refractivity contribution in [2.75, 3.05) is 31.0 Å². The lowest BCUT2D eigenvalue weighted by Crippen LogP contribution is -2.30. The molecule has 0 radical (unpaired) electrons. The minimum Gasteiger partial charge on any atom is -0.495 e. The molecular formula is C27H27N5OS. The van der Waals surface area contributed by atoms with Gasteiger partial charge in [-0.1, -0.05) is 18.2 Å². The Labute approximate surface area is 205 Å². The molecule has 4 aromatic rings. The number of nitrogens with one attached hydrogen (secondary N) is 1. The first-order chi connectivity index (χ1) is 16.6. The van der Waals surface area contributed by atoms with Crippen molar-refractivity contribution in [3.8, 4) is 11.4 Å². The molecule has 0 spiro atoms. The third-order valence-electron chi connectivity index (χ3n) is 6.17. The average molecular weight is 470 g/mol. The van der Waals surface area contributed by atoms with Gasteiger partial charge >= 0.3 is 0 Å². The Kier molecular flexibility index (Phi) is 5.94. The van der Waals surface area contributed by atoms with Gasteiger partial charge in [-0.3, -0.25) is 4.98 Å². The van der Waals surface area contributed by atoms with Gasteiger partial charge in [0.1, 0.15) is 11.8 Å². The second-order valence-corrected chi connectivity index (χ2v) is 8.77. The SMILES string of the molecule is COc1ccccc1N1C(=S)N[C@H](c2ccccn2)[C@@H]1c1cccn1-c1ccc(N(C)C)cc1. The van der Waals surface area contributed by atoms with E-state index in [4.69, 9.17) is 17.0 Å². The van der Waals surface area contributed by atoms with Gasteiger partial charge < -0.3 is 24.4 Å². The highest BCUT2D eigenvalue weighted by molar-refractivity contribution is 7.80. The molecule has 5 rings (SSSR count). The molecule has 0 aliphatic carbocycles. The maximum atomic E-state index is 5.88. The molecule has 2 atom stereocenters. The fourth-order valence-corrected chi connectivity index (χ4v) is 4.86. The number of ether oxygens (including phenoxy) is 1. The van der Waals surface area contributed by atoms with Crippen molar-refractivity contribution < 1.29 is 4.74 Å². The second-order valence-electron chi connectivity index (χ2n) is 8.38. The summed E-state index contributed by atoms with van der Waals surface area (Å²) in [6, 6.07) is 26.5. The fraction of sp³-hybridized carbons (Fsp3) is 0.185. The quantitative estimate of drug-likeness (QED) is 0.395. The van der Waals surface area contributed by atoms with E-state index in [-0.39, 0.29) is 12.1 Å². The zero-order valence-corrected chi connectivity index (χ0v) is 20.2. The Bertz CT molecular complexity index is 1290. The highest BCUT2D eigenvalue weighted by Gasteiger charge is 2.43. The van der Waals surface area contributed by atoms with E-state index >= 15 is 0 Å². The highest BCUT2D eigenvalue weighted by atomic mass is 32.1. The summed E-state index contributed by atoms with van der Waals surface area (Å²) in [5.74, 6) is 0.770. The van der Waals surface area contributed by atoms with Gasteiger partial charge in [0, 0.05) is 43.6 Å². The molecule has 0 unspecified atom stereocenters. The van der Waals surface area contributed by atoms with Crippen LogP contribution in [0.2, 0.25) is 0 Å². The molecule has 0 saturated carbocycles. The average Bonchev–Trinajstić information content (AvgIpc) is 3.48. The number of pyridine rings is 1. The molecule has 7 heteroatoms. The molecule has 0 amide bonds. The molecule has 34 heavy (non-hydrogen) atoms. The number of para-hydroxylation sites is 2. The molecule has 2 aromatic carbocycles. The van der Waals surface area contributed by atoms with Crippen molar-refractivity contribution in [3.05, 3.63) is 103 Å². The topological polar surface area (TPSA) is 45.6 Å². The molecule has 3 heterocycles. The van der Waals surface area contributed by atoms with Crippen LogP contribution in [0.4, 0.5) is 11.4 Å². The van der Waals surface area contributed by atoms with Crippen LogP contribution in [0.3, 0.4) is 0 Å². The Morgan fingerprint density at radius 2 is 1.71 bits per heavy atom. The lowest BCUT2D eigenvalue weighted by molar-refractivity contribution is 0.414. The summed E-state index contributed by atoms with van der Waals surface area (Å²) in [7, 11) is 5.78. The Morgan fingerprint density at radius 3 is 2.41 bits per heavy atom. The largest absolute Gasteiger partial charge is 0.495 e. The lowest BCUT2D eigenvalue weighted by atomic mass is 10.0. The van der Waals surface area contributed by atoms with Gasteiger partial charge in [-0.15, -0.1) is 0 Å². The minimum atomic E-state index is -0.137. The van der Waals surface area contributed by atoms with Crippen molar-refractivity contribution in [3.63, 3.8) is 0 Å². The summed E-state index contributed by atoms with van der Waals surface area (Å²) in [6.07, 6.45) is 3.92. The van der Waals surface area contributed by atoms with Crippen LogP contribution in [0.1, 0.15) is 23.5 Å². The minimum absolute atomic E-state index is 0.131. The number of hydrogen-bond donors (Lipinski definition) is 1. The van der Waals surface area contributed by atoms with Gasteiger partial charge in [0.2, 0.25) is 0 Å². The second kappa shape index (κ2) is 9.19. The molecule has 0 bridgehead atoms. The molecule has 1 fully saturated rings. The van der Waals surface area contributed by atoms with E-state index in [0.717, 1.165) is 34.2 Å². The normalized spacial score (nSPS) is 17.5. The van der Waals surface area contributed by atoms with Gasteiger partial charge in [0.25, 0.3) is 0 Å². The molecule has 6 nitrogen and oxygen atoms in total. The summed E-state index contributed by atoms with van der Waals surface area (Å²) in [6.45, 7) is 0. The van der Waals surface area contributed by atoms with E-state index in [0.29, 0.717) is 5.11 Å². The van der Waals surface area contributed by atoms with Crippen LogP contribution in [-0.2, 0) is 0 Å². The number of aromatic nitrogens is 2. The summed E-state index contributed by atoms with van der Waals surface area (Å²) < 4.78 is 7.93. The zero-order valence-electron chi connectivity index (χ0n) is 19.4. The summed E-state index contributed by atoms with van der Waals surface area (Å²) >= 11 is 5.88. The fourth-order valence-electron chi connectivity index (χ4n) is 4.53. The smallest absolute Gasteiger partial charge is 0.174 e. The van der Waals surface area contributed by atoms with Gasteiger partial charge in [0.15, 0.2) is 5.11 Å². The van der Waals surface area contributed by atoms with E-state index in [1.807, 2.05) is 62.8 Å². The van der Waals surface area contributed by atoms with Gasteiger partial charge in [-0.05, 0) is 72.9 Å². The monoisotopic (exact) mass is 469 g/mol. The first-order valence-corrected chi connectivity index (χ1v) is 11.6. The van der Waals surface area contributed by atoms with E-state index < -0.39 is 0 Å². The van der Waals surface area contributed by atoms with Crippen molar-refractivity contribution in [1.82, 2.24) is 14.9 Å². The summed E-state index contributed by atoms with van der Waals surface area (Å²) in [5.41, 5.74) is 5.20. The number of benzene rings is 2. The van der Waals surface area contributed by atoms with Crippen molar-refractivity contribution in [2.45, 2.75) is 12.1 Å². The lowest BCUT2D eigenvalue weighted by Gasteiger charge is -2.30. The van der Waals surface area contributed by atoms with Crippen molar-refractivity contribution in [1.29, 1.82) is 0 Å². The van der Waals surface area contributed by atoms with Crippen LogP contribution >= 0.6 is 12.2 Å². The van der Waals surface area contributed by atoms with Gasteiger partial charge in [-0.2, -0.15) is 0 Å². The standard InChI is InChI=1S/C27H27N5OS/c1-30(2)19-13-15-20(16-14-19)31-18-8-11-23(31)26-25(21-9-6-7-17-28-21)29-27(34)32(26)22-10-4-5-12-24(22)33-3/h4-18,25-26H,1-3H3,(H,29,34)/t25-,26+/m1/s1. The van der Waals surface area contributed by atoms with Crippen LogP contribution in [0.25, 0.3) is 5.69 Å². The zero-order chi connectivity index (χ0) is 23.7. The van der Waals surface area contributed by atoms with E-state index in [9.17, 15) is 0 Å². The van der Waals surface area contributed by atoms with E-state index in [2.05, 4.69) is 67.3 Å². The Hall–Kier alpha value is -3.84. The number of rotatable bonds is 6. The molecule has 2 aromatic heterocycles. The van der Waals surface area contributed by atoms with E-state index in [1.54, 1.807) is 7.11 Å². The number of thiocarbonyl (C=S) groups is 1. The predicted octanol–water partition coefficient (Wildman–Crippen LogP) is 5.12. The summed E-state index contributed by atoms with van der Waals surface area (Å²) in [4.78, 5) is 8.91. The molecule has 1 saturated heterocycles. The van der Waals surface area contributed by atoms with E-state index in [1.165, 1.54) is 0 Å². The summed E-state index contributed by atoms with van der Waals surface area (Å²) in [5, 5.41) is 4.17. The molecule has 172 valence electrons. The first-order valence-electron chi connectivity index (χ1n) is 11.2. The number of nitrogens with zero attached hydrogens (tertiary/aromatic N) is 4. The van der Waals surface area contributed by atoms with Crippen LogP contribution in [-0.4, -0.2) is 35.9 Å². The van der Waals surface area contributed by atoms with Crippen molar-refractivity contribution in [2.24, 2.45) is 0 Å². The number of methoxy groups -OCH3 is 1. The first kappa shape index (κ1) is 22.0. The molecule has 1 aliphatic heterocycles. The molecule has 1 N–H and O–H groups in total. The molecular weight excluding hydrogens is 442 g/mol. The third-order valence-corrected chi connectivity index (χ3v) is 6.48. The predicted molar refractivity (Wildman–Crippen MR) is 141 cm³/mol. The third kappa shape index (κ3) is 3.88. The van der Waals surface area contributed by atoms with Crippen LogP contribution in [0, 0.1) is 0 Å². The van der Waals surface area contributed by atoms with Crippen LogP contribution < -0.4 is 19.9 Å².